The van der Waals surface area contributed by atoms with E-state index in [0.29, 0.717) is 25.4 Å². The van der Waals surface area contributed by atoms with Gasteiger partial charge in [0.15, 0.2) is 11.7 Å². The van der Waals surface area contributed by atoms with E-state index in [-0.39, 0.29) is 5.91 Å². The van der Waals surface area contributed by atoms with Crippen LogP contribution in [-0.4, -0.2) is 64.2 Å². The van der Waals surface area contributed by atoms with Crippen LogP contribution < -0.4 is 5.32 Å². The lowest BCUT2D eigenvalue weighted by atomic mass is 10.2. The summed E-state index contributed by atoms with van der Waals surface area (Å²) >= 11 is 0. The number of nitrogens with zero attached hydrogens (tertiary/aromatic N) is 5. The van der Waals surface area contributed by atoms with Gasteiger partial charge in [-0.3, -0.25) is 9.48 Å². The molecule has 1 N–H and O–H groups in total. The van der Waals surface area contributed by atoms with Gasteiger partial charge in [-0.15, -0.1) is 0 Å². The van der Waals surface area contributed by atoms with Gasteiger partial charge in [-0.05, 0) is 24.6 Å². The highest BCUT2D eigenvalue weighted by molar-refractivity contribution is 5.91. The molecule has 2 aromatic heterocycles. The first-order chi connectivity index (χ1) is 15.2. The van der Waals surface area contributed by atoms with Crippen LogP contribution in [-0.2, 0) is 13.1 Å². The second-order valence-electron chi connectivity index (χ2n) is 7.46. The summed E-state index contributed by atoms with van der Waals surface area (Å²) in [6, 6.07) is 13.7. The molecular weight excluding hydrogens is 392 g/mol. The van der Waals surface area contributed by atoms with Gasteiger partial charge >= 0.3 is 0 Å². The van der Waals surface area contributed by atoms with Crippen LogP contribution in [0.25, 0.3) is 0 Å². The number of hydrogen-bond acceptors (Lipinski definition) is 4. The van der Waals surface area contributed by atoms with Crippen molar-refractivity contribution in [2.24, 2.45) is 4.99 Å². The first-order valence-corrected chi connectivity index (χ1v) is 10.6. The van der Waals surface area contributed by atoms with Crippen molar-refractivity contribution < 1.29 is 9.21 Å². The number of furan rings is 1. The Bertz CT molecular complexity index is 988. The Hall–Kier alpha value is -3.55. The average Bonchev–Trinajstić information content (AvgIpc) is 3.50. The molecule has 4 rings (SSSR count). The number of carbonyl (C=O) groups excluding carboxylic acids is 1. The third kappa shape index (κ3) is 5.33. The summed E-state index contributed by atoms with van der Waals surface area (Å²) in [6.45, 7) is 6.88. The highest BCUT2D eigenvalue weighted by atomic mass is 16.3. The molecule has 3 heterocycles. The third-order valence-electron chi connectivity index (χ3n) is 5.22. The van der Waals surface area contributed by atoms with E-state index in [1.807, 2.05) is 40.2 Å². The highest BCUT2D eigenvalue weighted by Crippen LogP contribution is 2.10. The molecule has 0 aliphatic carbocycles. The van der Waals surface area contributed by atoms with Crippen LogP contribution in [0, 0.1) is 0 Å². The van der Waals surface area contributed by atoms with Crippen LogP contribution in [0.2, 0.25) is 0 Å². The fourth-order valence-corrected chi connectivity index (χ4v) is 3.61. The predicted octanol–water partition coefficient (Wildman–Crippen LogP) is 2.45. The van der Waals surface area contributed by atoms with Crippen LogP contribution in [0.3, 0.4) is 0 Å². The number of benzene rings is 1. The number of rotatable bonds is 6. The molecule has 8 heteroatoms. The van der Waals surface area contributed by atoms with Gasteiger partial charge in [-0.25, -0.2) is 4.99 Å². The molecule has 1 aliphatic heterocycles. The normalized spacial score (nSPS) is 14.7. The molecule has 1 fully saturated rings. The molecule has 1 saturated heterocycles. The van der Waals surface area contributed by atoms with Gasteiger partial charge in [0.2, 0.25) is 0 Å². The number of guanidine groups is 1. The highest BCUT2D eigenvalue weighted by Gasteiger charge is 2.25. The minimum Gasteiger partial charge on any atom is -0.459 e. The van der Waals surface area contributed by atoms with Gasteiger partial charge in [0.25, 0.3) is 5.91 Å². The minimum atomic E-state index is -0.0579. The molecule has 3 aromatic rings. The number of piperazine rings is 1. The van der Waals surface area contributed by atoms with E-state index in [1.54, 1.807) is 12.1 Å². The zero-order valence-electron chi connectivity index (χ0n) is 17.8. The predicted molar refractivity (Wildman–Crippen MR) is 119 cm³/mol. The number of nitrogens with one attached hydrogen (secondary N) is 1. The molecule has 0 radical (unpaired) electrons. The lowest BCUT2D eigenvalue weighted by Gasteiger charge is -2.36. The second kappa shape index (κ2) is 9.97. The molecule has 0 saturated carbocycles. The number of carbonyl (C=O) groups is 1. The molecule has 8 nitrogen and oxygen atoms in total. The Morgan fingerprint density at radius 3 is 2.55 bits per heavy atom. The maximum Gasteiger partial charge on any atom is 0.289 e. The monoisotopic (exact) mass is 420 g/mol. The fourth-order valence-electron chi connectivity index (χ4n) is 3.61. The van der Waals surface area contributed by atoms with E-state index in [4.69, 9.17) is 9.41 Å². The van der Waals surface area contributed by atoms with Crippen LogP contribution in [0.15, 0.2) is 70.5 Å². The van der Waals surface area contributed by atoms with E-state index < -0.39 is 0 Å². The van der Waals surface area contributed by atoms with Gasteiger partial charge in [0.1, 0.15) is 0 Å². The molecule has 0 spiro atoms. The molecule has 1 aromatic carbocycles. The largest absolute Gasteiger partial charge is 0.459 e. The van der Waals surface area contributed by atoms with E-state index in [2.05, 4.69) is 34.4 Å². The van der Waals surface area contributed by atoms with Crippen molar-refractivity contribution in [2.45, 2.75) is 20.0 Å². The minimum absolute atomic E-state index is 0.0579. The number of aromatic nitrogens is 2. The van der Waals surface area contributed by atoms with Crippen LogP contribution in [0.5, 0.6) is 0 Å². The topological polar surface area (TPSA) is 78.9 Å². The quantitative estimate of drug-likeness (QED) is 0.490. The Morgan fingerprint density at radius 2 is 1.84 bits per heavy atom. The van der Waals surface area contributed by atoms with Gasteiger partial charge in [0, 0.05) is 44.5 Å². The Kier molecular flexibility index (Phi) is 6.66. The summed E-state index contributed by atoms with van der Waals surface area (Å²) in [4.78, 5) is 21.3. The van der Waals surface area contributed by atoms with Crippen LogP contribution >= 0.6 is 0 Å². The van der Waals surface area contributed by atoms with E-state index >= 15 is 0 Å². The molecule has 31 heavy (non-hydrogen) atoms. The Morgan fingerprint density at radius 1 is 1.06 bits per heavy atom. The summed E-state index contributed by atoms with van der Waals surface area (Å²) in [5, 5.41) is 7.83. The maximum atomic E-state index is 12.5. The van der Waals surface area contributed by atoms with Gasteiger partial charge < -0.3 is 19.5 Å². The molecule has 0 atom stereocenters. The van der Waals surface area contributed by atoms with Gasteiger partial charge in [0.05, 0.1) is 25.5 Å². The SMILES string of the molecule is CCNC(=NCc1cnn(Cc2ccccc2)c1)N1CCN(C(=O)c2ccco2)CC1. The van der Waals surface area contributed by atoms with Crippen molar-refractivity contribution in [3.63, 3.8) is 0 Å². The van der Waals surface area contributed by atoms with Gasteiger partial charge in [-0.1, -0.05) is 30.3 Å². The summed E-state index contributed by atoms with van der Waals surface area (Å²) < 4.78 is 7.18. The van der Waals surface area contributed by atoms with Crippen molar-refractivity contribution in [3.8, 4) is 0 Å². The number of hydrogen-bond donors (Lipinski definition) is 1. The van der Waals surface area contributed by atoms with Crippen LogP contribution in [0.4, 0.5) is 0 Å². The van der Waals surface area contributed by atoms with Crippen LogP contribution in [0.1, 0.15) is 28.6 Å². The first kappa shape index (κ1) is 20.7. The van der Waals surface area contributed by atoms with Crippen molar-refractivity contribution >= 4 is 11.9 Å². The summed E-state index contributed by atoms with van der Waals surface area (Å²) in [5.74, 6) is 1.20. The summed E-state index contributed by atoms with van der Waals surface area (Å²) in [6.07, 6.45) is 5.44. The Balaban J connectivity index is 1.34. The standard InChI is InChI=1S/C23H28N6O2/c1-2-24-23(28-12-10-27(11-13-28)22(30)21-9-6-14-31-21)25-15-20-16-26-29(18-20)17-19-7-4-3-5-8-19/h3-9,14,16,18H,2,10-13,15,17H2,1H3,(H,24,25). The average molecular weight is 421 g/mol. The summed E-state index contributed by atoms with van der Waals surface area (Å²) in [5.41, 5.74) is 2.29. The zero-order valence-corrected chi connectivity index (χ0v) is 17.8. The van der Waals surface area contributed by atoms with E-state index in [0.717, 1.165) is 37.7 Å². The molecule has 0 unspecified atom stereocenters. The molecule has 0 bridgehead atoms. The summed E-state index contributed by atoms with van der Waals surface area (Å²) in [7, 11) is 0. The Labute approximate surface area is 182 Å². The van der Waals surface area contributed by atoms with E-state index in [1.165, 1.54) is 11.8 Å². The molecule has 1 amide bonds. The molecular formula is C23H28N6O2. The maximum absolute atomic E-state index is 12.5. The second-order valence-corrected chi connectivity index (χ2v) is 7.46. The molecule has 1 aliphatic rings. The number of amides is 1. The first-order valence-electron chi connectivity index (χ1n) is 10.6. The lowest BCUT2D eigenvalue weighted by molar-refractivity contribution is 0.0657. The van der Waals surface area contributed by atoms with Gasteiger partial charge in [-0.2, -0.15) is 5.10 Å². The van der Waals surface area contributed by atoms with E-state index in [9.17, 15) is 4.79 Å². The zero-order chi connectivity index (χ0) is 21.5. The fraction of sp³-hybridized carbons (Fsp3) is 0.348. The molecule has 162 valence electrons. The third-order valence-corrected chi connectivity index (χ3v) is 5.22. The smallest absolute Gasteiger partial charge is 0.289 e. The number of aliphatic imine (C=N–C) groups is 1. The van der Waals surface area contributed by atoms with Crippen molar-refractivity contribution in [1.82, 2.24) is 24.9 Å². The van der Waals surface area contributed by atoms with Crippen molar-refractivity contribution in [2.75, 3.05) is 32.7 Å². The van der Waals surface area contributed by atoms with Crippen molar-refractivity contribution in [3.05, 3.63) is 78.0 Å². The van der Waals surface area contributed by atoms with Crippen molar-refractivity contribution in [1.29, 1.82) is 0 Å². The lowest BCUT2D eigenvalue weighted by Crippen LogP contribution is -2.53.